The van der Waals surface area contributed by atoms with Gasteiger partial charge in [-0.1, -0.05) is 48.5 Å². The third-order valence-corrected chi connectivity index (χ3v) is 7.62. The van der Waals surface area contributed by atoms with E-state index in [1.807, 2.05) is 35.6 Å². The van der Waals surface area contributed by atoms with E-state index < -0.39 is 0 Å². The highest BCUT2D eigenvalue weighted by molar-refractivity contribution is 7.10. The molecule has 0 saturated heterocycles. The Kier molecular flexibility index (Phi) is 5.79. The molecule has 2 heterocycles. The van der Waals surface area contributed by atoms with Gasteiger partial charge in [0.2, 0.25) is 5.91 Å². The van der Waals surface area contributed by atoms with E-state index in [0.717, 1.165) is 37.2 Å². The number of carbonyl (C=O) groups is 1. The monoisotopic (exact) mass is 432 g/mol. The zero-order valence-electron chi connectivity index (χ0n) is 17.8. The number of rotatable bonds is 7. The van der Waals surface area contributed by atoms with Crippen LogP contribution in [0.15, 0.2) is 66.0 Å². The van der Waals surface area contributed by atoms with Crippen LogP contribution in [0.5, 0.6) is 5.75 Å². The summed E-state index contributed by atoms with van der Waals surface area (Å²) in [5.41, 5.74) is 3.84. The van der Waals surface area contributed by atoms with Crippen molar-refractivity contribution in [3.05, 3.63) is 87.6 Å². The highest BCUT2D eigenvalue weighted by Gasteiger charge is 2.45. The normalized spacial score (nSPS) is 21.2. The SMILES string of the molecule is COc1ccccc1C1CC1C(=O)NCC(c1ccccc1)N1CCc2sccc2C1. The molecule has 0 spiro atoms. The topological polar surface area (TPSA) is 41.6 Å². The van der Waals surface area contributed by atoms with Gasteiger partial charge in [0, 0.05) is 30.4 Å². The third kappa shape index (κ3) is 4.25. The molecule has 1 N–H and O–H groups in total. The fraction of sp³-hybridized carbons (Fsp3) is 0.346. The average molecular weight is 433 g/mol. The fourth-order valence-electron chi connectivity index (χ4n) is 4.80. The van der Waals surface area contributed by atoms with Crippen LogP contribution < -0.4 is 10.1 Å². The van der Waals surface area contributed by atoms with Crippen LogP contribution in [-0.4, -0.2) is 31.0 Å². The van der Waals surface area contributed by atoms with Crippen LogP contribution in [0.1, 0.15) is 39.9 Å². The molecule has 1 amide bonds. The number of benzene rings is 2. The smallest absolute Gasteiger partial charge is 0.223 e. The quantitative estimate of drug-likeness (QED) is 0.584. The van der Waals surface area contributed by atoms with Gasteiger partial charge in [0.15, 0.2) is 0 Å². The van der Waals surface area contributed by atoms with E-state index in [-0.39, 0.29) is 23.8 Å². The Morgan fingerprint density at radius 1 is 1.16 bits per heavy atom. The van der Waals surface area contributed by atoms with Crippen molar-refractivity contribution in [2.24, 2.45) is 5.92 Å². The van der Waals surface area contributed by atoms with E-state index in [4.69, 9.17) is 4.74 Å². The molecule has 3 unspecified atom stereocenters. The molecular weight excluding hydrogens is 404 g/mol. The molecule has 4 nitrogen and oxygen atoms in total. The van der Waals surface area contributed by atoms with Gasteiger partial charge in [0.05, 0.1) is 13.2 Å². The van der Waals surface area contributed by atoms with Gasteiger partial charge in [-0.25, -0.2) is 0 Å². The highest BCUT2D eigenvalue weighted by atomic mass is 32.1. The Bertz CT molecular complexity index is 1050. The molecule has 1 fully saturated rings. The molecule has 160 valence electrons. The van der Waals surface area contributed by atoms with Gasteiger partial charge >= 0.3 is 0 Å². The number of nitrogens with one attached hydrogen (secondary N) is 1. The van der Waals surface area contributed by atoms with Crippen LogP contribution >= 0.6 is 11.3 Å². The maximum absolute atomic E-state index is 13.0. The van der Waals surface area contributed by atoms with Gasteiger partial charge in [0.1, 0.15) is 5.75 Å². The molecule has 5 heteroatoms. The number of fused-ring (bicyclic) bond motifs is 1. The molecule has 2 aromatic carbocycles. The van der Waals surface area contributed by atoms with E-state index in [1.165, 1.54) is 16.0 Å². The summed E-state index contributed by atoms with van der Waals surface area (Å²) >= 11 is 1.86. The van der Waals surface area contributed by atoms with Crippen LogP contribution in [0, 0.1) is 5.92 Å². The molecule has 0 bridgehead atoms. The second-order valence-corrected chi connectivity index (χ2v) is 9.45. The molecule has 3 aromatic rings. The lowest BCUT2D eigenvalue weighted by Crippen LogP contribution is -2.40. The summed E-state index contributed by atoms with van der Waals surface area (Å²) in [4.78, 5) is 17.0. The maximum Gasteiger partial charge on any atom is 0.223 e. The van der Waals surface area contributed by atoms with Crippen molar-refractivity contribution in [3.63, 3.8) is 0 Å². The zero-order valence-corrected chi connectivity index (χ0v) is 18.6. The van der Waals surface area contributed by atoms with E-state index in [0.29, 0.717) is 6.54 Å². The number of carbonyl (C=O) groups excluding carboxylic acids is 1. The number of thiophene rings is 1. The van der Waals surface area contributed by atoms with E-state index in [2.05, 4.69) is 52.0 Å². The molecule has 5 rings (SSSR count). The predicted octanol–water partition coefficient (Wildman–Crippen LogP) is 4.78. The van der Waals surface area contributed by atoms with E-state index >= 15 is 0 Å². The Morgan fingerprint density at radius 2 is 1.97 bits per heavy atom. The molecule has 31 heavy (non-hydrogen) atoms. The van der Waals surface area contributed by atoms with Crippen LogP contribution in [-0.2, 0) is 17.8 Å². The van der Waals surface area contributed by atoms with Crippen molar-refractivity contribution in [1.82, 2.24) is 10.2 Å². The summed E-state index contributed by atoms with van der Waals surface area (Å²) < 4.78 is 5.49. The van der Waals surface area contributed by atoms with Crippen LogP contribution in [0.25, 0.3) is 0 Å². The largest absolute Gasteiger partial charge is 0.496 e. The summed E-state index contributed by atoms with van der Waals surface area (Å²) in [6.07, 6.45) is 1.98. The Hall–Kier alpha value is -2.63. The van der Waals surface area contributed by atoms with Crippen molar-refractivity contribution >= 4 is 17.2 Å². The second-order valence-electron chi connectivity index (χ2n) is 8.45. The second kappa shape index (κ2) is 8.85. The van der Waals surface area contributed by atoms with Gasteiger partial charge in [-0.15, -0.1) is 11.3 Å². The summed E-state index contributed by atoms with van der Waals surface area (Å²) in [7, 11) is 1.69. The number of methoxy groups -OCH3 is 1. The van der Waals surface area contributed by atoms with E-state index in [1.54, 1.807) is 7.11 Å². The molecule has 1 aliphatic heterocycles. The molecule has 3 atom stereocenters. The first kappa shape index (κ1) is 20.3. The Balaban J connectivity index is 1.27. The first-order valence-electron chi connectivity index (χ1n) is 11.0. The van der Waals surface area contributed by atoms with Gasteiger partial charge in [0.25, 0.3) is 0 Å². The van der Waals surface area contributed by atoms with Crippen LogP contribution in [0.4, 0.5) is 0 Å². The van der Waals surface area contributed by atoms with Gasteiger partial charge in [-0.05, 0) is 53.0 Å². The average Bonchev–Trinajstić information content (AvgIpc) is 3.48. The Labute approximate surface area is 187 Å². The first-order chi connectivity index (χ1) is 15.2. The number of hydrogen-bond donors (Lipinski definition) is 1. The molecule has 1 saturated carbocycles. The molecule has 0 radical (unpaired) electrons. The van der Waals surface area contributed by atoms with Crippen molar-refractivity contribution in [2.75, 3.05) is 20.2 Å². The fourth-order valence-corrected chi connectivity index (χ4v) is 5.69. The molecule has 2 aliphatic rings. The lowest BCUT2D eigenvalue weighted by Gasteiger charge is -2.35. The third-order valence-electron chi connectivity index (χ3n) is 6.60. The lowest BCUT2D eigenvalue weighted by molar-refractivity contribution is -0.122. The number of amides is 1. The standard InChI is InChI=1S/C26H28N2O2S/c1-30-24-10-6-5-9-20(24)21-15-22(21)26(29)27-16-23(18-7-3-2-4-8-18)28-13-11-25-19(17-28)12-14-31-25/h2-10,12,14,21-23H,11,13,15-17H2,1H3,(H,27,29). The summed E-state index contributed by atoms with van der Waals surface area (Å²) in [5.74, 6) is 1.34. The first-order valence-corrected chi connectivity index (χ1v) is 11.9. The molecular formula is C26H28N2O2S. The number of ether oxygens (including phenoxy) is 1. The van der Waals surface area contributed by atoms with Gasteiger partial charge in [-0.2, -0.15) is 0 Å². The predicted molar refractivity (Wildman–Crippen MR) is 124 cm³/mol. The van der Waals surface area contributed by atoms with Crippen molar-refractivity contribution in [1.29, 1.82) is 0 Å². The van der Waals surface area contributed by atoms with Crippen molar-refractivity contribution in [3.8, 4) is 5.75 Å². The minimum atomic E-state index is 0.0394. The summed E-state index contributed by atoms with van der Waals surface area (Å²) in [5, 5.41) is 5.47. The van der Waals surface area contributed by atoms with Crippen LogP contribution in [0.2, 0.25) is 0 Å². The summed E-state index contributed by atoms with van der Waals surface area (Å²) in [6.45, 7) is 2.61. The minimum Gasteiger partial charge on any atom is -0.496 e. The van der Waals surface area contributed by atoms with Crippen molar-refractivity contribution in [2.45, 2.75) is 31.3 Å². The number of nitrogens with zero attached hydrogens (tertiary/aromatic N) is 1. The van der Waals surface area contributed by atoms with Gasteiger partial charge in [-0.3, -0.25) is 9.69 Å². The van der Waals surface area contributed by atoms with Gasteiger partial charge < -0.3 is 10.1 Å². The van der Waals surface area contributed by atoms with Crippen molar-refractivity contribution < 1.29 is 9.53 Å². The lowest BCUT2D eigenvalue weighted by atomic mass is 10.0. The Morgan fingerprint density at radius 3 is 2.81 bits per heavy atom. The number of para-hydroxylation sites is 1. The maximum atomic E-state index is 13.0. The minimum absolute atomic E-state index is 0.0394. The van der Waals surface area contributed by atoms with E-state index in [9.17, 15) is 4.79 Å². The zero-order chi connectivity index (χ0) is 21.2. The highest BCUT2D eigenvalue weighted by Crippen LogP contribution is 2.50. The molecule has 1 aliphatic carbocycles. The number of hydrogen-bond acceptors (Lipinski definition) is 4. The molecule has 1 aromatic heterocycles. The summed E-state index contributed by atoms with van der Waals surface area (Å²) in [6, 6.07) is 21.0. The van der Waals surface area contributed by atoms with Crippen LogP contribution in [0.3, 0.4) is 0 Å².